The minimum absolute atomic E-state index is 0.0609. The average molecular weight is 326 g/mol. The van der Waals surface area contributed by atoms with E-state index in [0.29, 0.717) is 0 Å². The van der Waals surface area contributed by atoms with Crippen molar-refractivity contribution in [3.63, 3.8) is 0 Å². The zero-order chi connectivity index (χ0) is 13.3. The van der Waals surface area contributed by atoms with Crippen molar-refractivity contribution < 1.29 is 4.39 Å². The number of halogens is 2. The maximum absolute atomic E-state index is 14.0. The first-order valence-electron chi connectivity index (χ1n) is 7.39. The Morgan fingerprint density at radius 3 is 2.89 bits per heavy atom. The maximum Gasteiger partial charge on any atom is 0.126 e. The molecule has 1 heterocycles. The quantitative estimate of drug-likeness (QED) is 0.866. The summed E-state index contributed by atoms with van der Waals surface area (Å²) in [5, 5.41) is 3.77. The molecule has 1 unspecified atom stereocenters. The Morgan fingerprint density at radius 2 is 2.11 bits per heavy atom. The topological polar surface area (TPSA) is 12.0 Å². The van der Waals surface area contributed by atoms with Gasteiger partial charge in [-0.15, -0.1) is 0 Å². The first kappa shape index (κ1) is 13.6. The summed E-state index contributed by atoms with van der Waals surface area (Å²) < 4.78 is 15.0. The summed E-state index contributed by atoms with van der Waals surface area (Å²) in [4.78, 5) is 0. The molecule has 1 aliphatic heterocycles. The van der Waals surface area contributed by atoms with E-state index in [1.54, 1.807) is 12.1 Å². The average Bonchev–Trinajstić information content (AvgIpc) is 3.20. The van der Waals surface area contributed by atoms with Crippen LogP contribution >= 0.6 is 15.9 Å². The normalized spacial score (nSPS) is 28.1. The van der Waals surface area contributed by atoms with Crippen LogP contribution in [0.15, 0.2) is 22.7 Å². The van der Waals surface area contributed by atoms with Crippen molar-refractivity contribution in [1.82, 2.24) is 5.32 Å². The van der Waals surface area contributed by atoms with Gasteiger partial charge in [0.25, 0.3) is 0 Å². The summed E-state index contributed by atoms with van der Waals surface area (Å²) in [5.74, 6) is 0.693. The molecule has 1 aromatic carbocycles. The van der Waals surface area contributed by atoms with Gasteiger partial charge in [0.2, 0.25) is 0 Å². The predicted octanol–water partition coefficient (Wildman–Crippen LogP) is 4.44. The van der Waals surface area contributed by atoms with E-state index in [4.69, 9.17) is 0 Å². The third-order valence-corrected chi connectivity index (χ3v) is 5.14. The van der Waals surface area contributed by atoms with Crippen LogP contribution < -0.4 is 5.32 Å². The summed E-state index contributed by atoms with van der Waals surface area (Å²) in [6.45, 7) is 1.09. The lowest BCUT2D eigenvalue weighted by Crippen LogP contribution is -2.48. The van der Waals surface area contributed by atoms with Gasteiger partial charge in [0.1, 0.15) is 5.82 Å². The lowest BCUT2D eigenvalue weighted by Gasteiger charge is -2.34. The summed E-state index contributed by atoms with van der Waals surface area (Å²) >= 11 is 3.46. The molecule has 2 fully saturated rings. The monoisotopic (exact) mass is 325 g/mol. The smallest absolute Gasteiger partial charge is 0.126 e. The van der Waals surface area contributed by atoms with E-state index in [0.717, 1.165) is 28.9 Å². The first-order valence-corrected chi connectivity index (χ1v) is 8.18. The van der Waals surface area contributed by atoms with Crippen LogP contribution in [0.4, 0.5) is 4.39 Å². The number of hydrogen-bond acceptors (Lipinski definition) is 1. The van der Waals surface area contributed by atoms with Gasteiger partial charge in [0.05, 0.1) is 0 Å². The number of nitrogens with one attached hydrogen (secondary N) is 1. The third kappa shape index (κ3) is 3.03. The molecule has 1 saturated carbocycles. The molecule has 1 N–H and O–H groups in total. The molecule has 0 spiro atoms. The van der Waals surface area contributed by atoms with Crippen LogP contribution in [0.1, 0.15) is 44.1 Å². The Hall–Kier alpha value is -0.410. The molecule has 1 atom stereocenters. The Balaban J connectivity index is 1.86. The van der Waals surface area contributed by atoms with E-state index in [-0.39, 0.29) is 11.4 Å². The van der Waals surface area contributed by atoms with Gasteiger partial charge in [-0.1, -0.05) is 28.8 Å². The van der Waals surface area contributed by atoms with E-state index >= 15 is 0 Å². The zero-order valence-corrected chi connectivity index (χ0v) is 12.8. The summed E-state index contributed by atoms with van der Waals surface area (Å²) in [6, 6.07) is 5.31. The van der Waals surface area contributed by atoms with Gasteiger partial charge in [-0.05, 0) is 68.3 Å². The van der Waals surface area contributed by atoms with E-state index in [1.165, 1.54) is 38.5 Å². The molecule has 1 saturated heterocycles. The van der Waals surface area contributed by atoms with Gasteiger partial charge >= 0.3 is 0 Å². The van der Waals surface area contributed by atoms with Crippen LogP contribution in [0.3, 0.4) is 0 Å². The van der Waals surface area contributed by atoms with Gasteiger partial charge in [-0.3, -0.25) is 0 Å². The van der Waals surface area contributed by atoms with Crippen molar-refractivity contribution >= 4 is 15.9 Å². The van der Waals surface area contributed by atoms with E-state index in [2.05, 4.69) is 21.2 Å². The molecule has 1 aliphatic carbocycles. The minimum Gasteiger partial charge on any atom is -0.311 e. The fourth-order valence-corrected chi connectivity index (χ4v) is 3.87. The number of benzene rings is 1. The lowest BCUT2D eigenvalue weighted by molar-refractivity contribution is 0.268. The largest absolute Gasteiger partial charge is 0.311 e. The van der Waals surface area contributed by atoms with Crippen molar-refractivity contribution in [3.05, 3.63) is 34.1 Å². The molecular formula is C16H21BrFN. The molecule has 1 aromatic rings. The van der Waals surface area contributed by atoms with Crippen LogP contribution in [0.5, 0.6) is 0 Å². The number of hydrogen-bond donors (Lipinski definition) is 1. The maximum atomic E-state index is 14.0. The highest BCUT2D eigenvalue weighted by Crippen LogP contribution is 2.45. The highest BCUT2D eigenvalue weighted by atomic mass is 79.9. The van der Waals surface area contributed by atoms with Crippen LogP contribution in [-0.2, 0) is 6.42 Å². The molecule has 104 valence electrons. The second-order valence-electron chi connectivity index (χ2n) is 6.08. The molecule has 0 amide bonds. The van der Waals surface area contributed by atoms with Gasteiger partial charge in [-0.25, -0.2) is 4.39 Å². The van der Waals surface area contributed by atoms with Crippen LogP contribution in [-0.4, -0.2) is 12.1 Å². The molecule has 3 rings (SSSR count). The standard InChI is InChI=1S/C16H21BrFN/c17-14-6-7-15(18)12(10-14)11-16(13-4-5-13)8-2-1-3-9-19-16/h6-7,10,13,19H,1-5,8-9,11H2. The molecule has 0 radical (unpaired) electrons. The fourth-order valence-electron chi connectivity index (χ4n) is 3.47. The molecule has 0 bridgehead atoms. The molecule has 3 heteroatoms. The third-order valence-electron chi connectivity index (χ3n) is 4.65. The van der Waals surface area contributed by atoms with Crippen LogP contribution in [0.2, 0.25) is 0 Å². The van der Waals surface area contributed by atoms with Crippen LogP contribution in [0.25, 0.3) is 0 Å². The van der Waals surface area contributed by atoms with Crippen molar-refractivity contribution in [1.29, 1.82) is 0 Å². The Labute approximate surface area is 123 Å². The van der Waals surface area contributed by atoms with Crippen LogP contribution in [0, 0.1) is 11.7 Å². The Morgan fingerprint density at radius 1 is 1.26 bits per heavy atom. The van der Waals surface area contributed by atoms with Crippen molar-refractivity contribution in [2.24, 2.45) is 5.92 Å². The molecule has 2 aliphatic rings. The second kappa shape index (κ2) is 5.53. The van der Waals surface area contributed by atoms with Gasteiger partial charge in [0, 0.05) is 10.0 Å². The summed E-state index contributed by atoms with van der Waals surface area (Å²) in [6.07, 6.45) is 8.49. The SMILES string of the molecule is Fc1ccc(Br)cc1CC1(C2CC2)CCCCCN1. The van der Waals surface area contributed by atoms with E-state index < -0.39 is 0 Å². The lowest BCUT2D eigenvalue weighted by atomic mass is 9.82. The minimum atomic E-state index is -0.0609. The van der Waals surface area contributed by atoms with Gasteiger partial charge in [-0.2, -0.15) is 0 Å². The van der Waals surface area contributed by atoms with Gasteiger partial charge < -0.3 is 5.32 Å². The van der Waals surface area contributed by atoms with E-state index in [1.807, 2.05) is 6.07 Å². The molecule has 0 aromatic heterocycles. The Kier molecular flexibility index (Phi) is 3.95. The fraction of sp³-hybridized carbons (Fsp3) is 0.625. The van der Waals surface area contributed by atoms with Crippen molar-refractivity contribution in [2.45, 2.75) is 50.5 Å². The first-order chi connectivity index (χ1) is 9.20. The summed E-state index contributed by atoms with van der Waals surface area (Å²) in [7, 11) is 0. The van der Waals surface area contributed by atoms with Gasteiger partial charge in [0.15, 0.2) is 0 Å². The highest BCUT2D eigenvalue weighted by molar-refractivity contribution is 9.10. The predicted molar refractivity (Wildman–Crippen MR) is 79.7 cm³/mol. The highest BCUT2D eigenvalue weighted by Gasteiger charge is 2.45. The molecule has 1 nitrogen and oxygen atoms in total. The van der Waals surface area contributed by atoms with Crippen molar-refractivity contribution in [3.8, 4) is 0 Å². The zero-order valence-electron chi connectivity index (χ0n) is 11.2. The molecular weight excluding hydrogens is 305 g/mol. The van der Waals surface area contributed by atoms with E-state index in [9.17, 15) is 4.39 Å². The second-order valence-corrected chi connectivity index (χ2v) is 7.00. The number of rotatable bonds is 3. The summed E-state index contributed by atoms with van der Waals surface area (Å²) in [5.41, 5.74) is 1.01. The van der Waals surface area contributed by atoms with Crippen molar-refractivity contribution in [2.75, 3.05) is 6.54 Å². The molecule has 19 heavy (non-hydrogen) atoms. The Bertz CT molecular complexity index is 448.